The molecule has 0 spiro atoms. The molecule has 142 valence electrons. The Labute approximate surface area is 159 Å². The largest absolute Gasteiger partial charge is 0.495 e. The Kier molecular flexibility index (Phi) is 4.90. The number of benzene rings is 2. The Morgan fingerprint density at radius 2 is 1.81 bits per heavy atom. The lowest BCUT2D eigenvalue weighted by Crippen LogP contribution is -2.46. The van der Waals surface area contributed by atoms with Gasteiger partial charge in [0.2, 0.25) is 0 Å². The van der Waals surface area contributed by atoms with Crippen molar-refractivity contribution in [3.05, 3.63) is 48.0 Å². The second kappa shape index (κ2) is 7.48. The van der Waals surface area contributed by atoms with Crippen molar-refractivity contribution in [2.45, 2.75) is 6.54 Å². The molecule has 4 rings (SSSR count). The molecule has 1 amide bonds. The molecule has 0 aromatic heterocycles. The number of hydrogen-bond acceptors (Lipinski definition) is 5. The lowest BCUT2D eigenvalue weighted by Gasteiger charge is -2.36. The molecule has 2 aromatic rings. The van der Waals surface area contributed by atoms with Crippen molar-refractivity contribution in [2.24, 2.45) is 0 Å². The van der Waals surface area contributed by atoms with Crippen LogP contribution in [0.15, 0.2) is 42.5 Å². The van der Waals surface area contributed by atoms with Gasteiger partial charge in [0.05, 0.1) is 18.5 Å². The molecule has 1 saturated heterocycles. The van der Waals surface area contributed by atoms with Crippen LogP contribution in [-0.4, -0.2) is 57.8 Å². The van der Waals surface area contributed by atoms with Crippen molar-refractivity contribution in [2.75, 3.05) is 56.7 Å². The summed E-state index contributed by atoms with van der Waals surface area (Å²) in [7, 11) is 3.51. The number of amides is 1. The van der Waals surface area contributed by atoms with E-state index in [1.807, 2.05) is 18.2 Å². The van der Waals surface area contributed by atoms with Gasteiger partial charge >= 0.3 is 0 Å². The molecule has 6 nitrogen and oxygen atoms in total. The molecule has 0 atom stereocenters. The van der Waals surface area contributed by atoms with Crippen LogP contribution in [0.3, 0.4) is 0 Å². The van der Waals surface area contributed by atoms with Crippen molar-refractivity contribution in [1.82, 2.24) is 4.90 Å². The molecule has 0 bridgehead atoms. The molecule has 0 radical (unpaired) electrons. The number of piperazine rings is 1. The predicted molar refractivity (Wildman–Crippen MR) is 106 cm³/mol. The van der Waals surface area contributed by atoms with E-state index in [0.29, 0.717) is 0 Å². The number of hydrogen-bond donors (Lipinski definition) is 0. The minimum Gasteiger partial charge on any atom is -0.495 e. The second-order valence-corrected chi connectivity index (χ2v) is 6.98. The minimum atomic E-state index is -0.0114. The average Bonchev–Trinajstić information content (AvgIpc) is 2.71. The zero-order valence-corrected chi connectivity index (χ0v) is 15.9. The third-order valence-corrected chi connectivity index (χ3v) is 5.32. The van der Waals surface area contributed by atoms with Crippen LogP contribution in [0.5, 0.6) is 11.5 Å². The summed E-state index contributed by atoms with van der Waals surface area (Å²) in [6.07, 6.45) is 0. The van der Waals surface area contributed by atoms with E-state index in [2.05, 4.69) is 34.1 Å². The third kappa shape index (κ3) is 3.57. The number of ether oxygens (including phenoxy) is 2. The summed E-state index contributed by atoms with van der Waals surface area (Å²) in [5.74, 6) is 1.71. The van der Waals surface area contributed by atoms with Crippen LogP contribution in [0, 0.1) is 0 Å². The van der Waals surface area contributed by atoms with Gasteiger partial charge in [-0.3, -0.25) is 9.69 Å². The number of nitrogens with zero attached hydrogens (tertiary/aromatic N) is 3. The van der Waals surface area contributed by atoms with E-state index >= 15 is 0 Å². The molecule has 2 aliphatic heterocycles. The summed E-state index contributed by atoms with van der Waals surface area (Å²) in [5.41, 5.74) is 3.22. The highest BCUT2D eigenvalue weighted by Crippen LogP contribution is 2.33. The van der Waals surface area contributed by atoms with Crippen LogP contribution >= 0.6 is 0 Å². The summed E-state index contributed by atoms with van der Waals surface area (Å²) >= 11 is 0. The topological polar surface area (TPSA) is 45.3 Å². The third-order valence-electron chi connectivity index (χ3n) is 5.32. The van der Waals surface area contributed by atoms with Gasteiger partial charge in [0.15, 0.2) is 6.61 Å². The van der Waals surface area contributed by atoms with Gasteiger partial charge in [-0.05, 0) is 29.8 Å². The smallest absolute Gasteiger partial charge is 0.264 e. The number of methoxy groups -OCH3 is 1. The van der Waals surface area contributed by atoms with Gasteiger partial charge in [-0.2, -0.15) is 0 Å². The first kappa shape index (κ1) is 17.7. The number of likely N-dealkylation sites (N-methyl/N-ethyl adjacent to an activating group) is 1. The van der Waals surface area contributed by atoms with Crippen LogP contribution in [0.25, 0.3) is 0 Å². The van der Waals surface area contributed by atoms with Gasteiger partial charge in [-0.1, -0.05) is 18.2 Å². The lowest BCUT2D eigenvalue weighted by molar-refractivity contribution is -0.120. The number of anilines is 2. The van der Waals surface area contributed by atoms with Crippen molar-refractivity contribution in [3.63, 3.8) is 0 Å². The van der Waals surface area contributed by atoms with Crippen LogP contribution in [0.1, 0.15) is 5.56 Å². The molecule has 6 heteroatoms. The first-order valence-corrected chi connectivity index (χ1v) is 9.28. The molecule has 0 N–H and O–H groups in total. The van der Waals surface area contributed by atoms with Gasteiger partial charge in [0.1, 0.15) is 11.5 Å². The molecule has 0 aliphatic carbocycles. The Balaban J connectivity index is 1.39. The predicted octanol–water partition coefficient (Wildman–Crippen LogP) is 2.37. The Morgan fingerprint density at radius 1 is 1.04 bits per heavy atom. The summed E-state index contributed by atoms with van der Waals surface area (Å²) in [4.78, 5) is 18.2. The van der Waals surface area contributed by atoms with E-state index in [9.17, 15) is 4.79 Å². The molecule has 2 heterocycles. The molecule has 0 unspecified atom stereocenters. The summed E-state index contributed by atoms with van der Waals surface area (Å²) in [6.45, 7) is 4.93. The van der Waals surface area contributed by atoms with Gasteiger partial charge in [-0.15, -0.1) is 0 Å². The SMILES string of the molecule is COc1ccccc1N1CCN(Cc2ccc3c(c2)OCC(=O)N3C)CC1. The van der Waals surface area contributed by atoms with E-state index in [-0.39, 0.29) is 12.5 Å². The standard InChI is InChI=1S/C21H25N3O3/c1-22-17-8-7-16(13-20(17)27-15-21(22)25)14-23-9-11-24(12-10-23)18-5-3-4-6-19(18)26-2/h3-8,13H,9-12,14-15H2,1-2H3. The van der Waals surface area contributed by atoms with Gasteiger partial charge in [0, 0.05) is 39.8 Å². The molecular weight excluding hydrogens is 342 g/mol. The quantitative estimate of drug-likeness (QED) is 0.830. The van der Waals surface area contributed by atoms with Crippen molar-refractivity contribution >= 4 is 17.3 Å². The van der Waals surface area contributed by atoms with Gasteiger partial charge < -0.3 is 19.3 Å². The maximum absolute atomic E-state index is 11.7. The Bertz CT molecular complexity index is 831. The molecule has 0 saturated carbocycles. The molecular formula is C21H25N3O3. The van der Waals surface area contributed by atoms with Crippen LogP contribution in [0.4, 0.5) is 11.4 Å². The molecule has 2 aromatic carbocycles. The molecule has 2 aliphatic rings. The first-order valence-electron chi connectivity index (χ1n) is 9.28. The second-order valence-electron chi connectivity index (χ2n) is 6.98. The average molecular weight is 367 g/mol. The van der Waals surface area contributed by atoms with E-state index < -0.39 is 0 Å². The highest BCUT2D eigenvalue weighted by atomic mass is 16.5. The maximum atomic E-state index is 11.7. The number of carbonyl (C=O) groups is 1. The van der Waals surface area contributed by atoms with Crippen LogP contribution in [-0.2, 0) is 11.3 Å². The van der Waals surface area contributed by atoms with Crippen molar-refractivity contribution in [3.8, 4) is 11.5 Å². The normalized spacial score (nSPS) is 17.5. The van der Waals surface area contributed by atoms with E-state index in [4.69, 9.17) is 9.47 Å². The molecule has 1 fully saturated rings. The number of carbonyl (C=O) groups excluding carboxylic acids is 1. The Morgan fingerprint density at radius 3 is 2.59 bits per heavy atom. The fraction of sp³-hybridized carbons (Fsp3) is 0.381. The lowest BCUT2D eigenvalue weighted by atomic mass is 10.1. The van der Waals surface area contributed by atoms with Crippen molar-refractivity contribution in [1.29, 1.82) is 0 Å². The van der Waals surface area contributed by atoms with E-state index in [1.165, 1.54) is 5.56 Å². The first-order chi connectivity index (χ1) is 13.2. The summed E-state index contributed by atoms with van der Waals surface area (Å²) in [6, 6.07) is 14.3. The summed E-state index contributed by atoms with van der Waals surface area (Å²) < 4.78 is 11.1. The highest BCUT2D eigenvalue weighted by molar-refractivity contribution is 5.97. The van der Waals surface area contributed by atoms with E-state index in [0.717, 1.165) is 55.6 Å². The zero-order chi connectivity index (χ0) is 18.8. The fourth-order valence-corrected chi connectivity index (χ4v) is 3.72. The number of rotatable bonds is 4. The highest BCUT2D eigenvalue weighted by Gasteiger charge is 2.23. The van der Waals surface area contributed by atoms with Gasteiger partial charge in [-0.25, -0.2) is 0 Å². The number of fused-ring (bicyclic) bond motifs is 1. The monoisotopic (exact) mass is 367 g/mol. The van der Waals surface area contributed by atoms with Gasteiger partial charge in [0.25, 0.3) is 5.91 Å². The number of para-hydroxylation sites is 2. The van der Waals surface area contributed by atoms with E-state index in [1.54, 1.807) is 19.1 Å². The van der Waals surface area contributed by atoms with Crippen LogP contribution in [0.2, 0.25) is 0 Å². The van der Waals surface area contributed by atoms with Crippen molar-refractivity contribution < 1.29 is 14.3 Å². The zero-order valence-electron chi connectivity index (χ0n) is 15.9. The Hall–Kier alpha value is -2.73. The van der Waals surface area contributed by atoms with Crippen LogP contribution < -0.4 is 19.3 Å². The maximum Gasteiger partial charge on any atom is 0.264 e. The molecule has 27 heavy (non-hydrogen) atoms. The fourth-order valence-electron chi connectivity index (χ4n) is 3.72. The summed E-state index contributed by atoms with van der Waals surface area (Å²) in [5, 5.41) is 0. The minimum absolute atomic E-state index is 0.0114.